The average Bonchev–Trinajstić information content (AvgIpc) is 2.44. The zero-order chi connectivity index (χ0) is 10.7. The molecule has 0 amide bonds. The van der Waals surface area contributed by atoms with Crippen LogP contribution in [0.3, 0.4) is 0 Å². The fourth-order valence-electron chi connectivity index (χ4n) is 2.44. The van der Waals surface area contributed by atoms with Crippen LogP contribution in [-0.4, -0.2) is 13.1 Å². The Hall–Kier alpha value is -0.560. The molecule has 0 saturated carbocycles. The Labute approximate surface area is 93.6 Å². The second-order valence-corrected chi connectivity index (χ2v) is 5.14. The normalized spacial score (nSPS) is 32.9. The Balaban J connectivity index is 0.000000179. The second-order valence-electron chi connectivity index (χ2n) is 5.14. The Morgan fingerprint density at radius 1 is 1.27 bits per heavy atom. The summed E-state index contributed by atoms with van der Waals surface area (Å²) in [7, 11) is 0. The van der Waals surface area contributed by atoms with Crippen molar-refractivity contribution in [1.82, 2.24) is 5.32 Å². The lowest BCUT2D eigenvalue weighted by Gasteiger charge is -2.15. The summed E-state index contributed by atoms with van der Waals surface area (Å²) in [5.74, 6) is 1.63. The van der Waals surface area contributed by atoms with Crippen molar-refractivity contribution < 1.29 is 0 Å². The highest BCUT2D eigenvalue weighted by Crippen LogP contribution is 2.38. The zero-order valence-corrected chi connectivity index (χ0v) is 10.1. The molecule has 2 atom stereocenters. The first kappa shape index (κ1) is 10.9. The van der Waals surface area contributed by atoms with E-state index >= 15 is 0 Å². The fourth-order valence-corrected chi connectivity index (χ4v) is 2.44. The van der Waals surface area contributed by atoms with Crippen LogP contribution < -0.4 is 5.32 Å². The van der Waals surface area contributed by atoms with E-state index in [0.717, 1.165) is 11.8 Å². The molecule has 1 unspecified atom stereocenters. The molecule has 1 aliphatic heterocycles. The molecule has 0 radical (unpaired) electrons. The van der Waals surface area contributed by atoms with Gasteiger partial charge in [0.2, 0.25) is 0 Å². The second kappa shape index (κ2) is 4.98. The lowest BCUT2D eigenvalue weighted by atomic mass is 9.90. The smallest absolute Gasteiger partial charge is 0.00368 e. The van der Waals surface area contributed by atoms with Crippen LogP contribution >= 0.6 is 0 Å². The quantitative estimate of drug-likeness (QED) is 0.640. The summed E-state index contributed by atoms with van der Waals surface area (Å²) in [6.07, 6.45) is 10.2. The van der Waals surface area contributed by atoms with Crippen LogP contribution in [0.1, 0.15) is 39.5 Å². The van der Waals surface area contributed by atoms with Crippen molar-refractivity contribution >= 4 is 0 Å². The monoisotopic (exact) mass is 205 g/mol. The average molecular weight is 205 g/mol. The molecule has 0 aromatic heterocycles. The summed E-state index contributed by atoms with van der Waals surface area (Å²) in [6.45, 7) is 7.16. The van der Waals surface area contributed by atoms with E-state index in [9.17, 15) is 0 Å². The molecule has 3 rings (SSSR count). The number of nitrogens with one attached hydrogen (secondary N) is 1. The predicted molar refractivity (Wildman–Crippen MR) is 65.8 cm³/mol. The Bertz CT molecular complexity index is 267. The number of rotatable bonds is 0. The van der Waals surface area contributed by atoms with Gasteiger partial charge in [-0.25, -0.2) is 0 Å². The van der Waals surface area contributed by atoms with E-state index in [1.807, 2.05) is 0 Å². The van der Waals surface area contributed by atoms with Crippen LogP contribution in [0.5, 0.6) is 0 Å². The highest BCUT2D eigenvalue weighted by molar-refractivity contribution is 5.35. The van der Waals surface area contributed by atoms with Crippen molar-refractivity contribution in [3.05, 3.63) is 23.3 Å². The Kier molecular flexibility index (Phi) is 3.63. The van der Waals surface area contributed by atoms with E-state index in [0.29, 0.717) is 0 Å². The molecule has 3 aliphatic rings. The van der Waals surface area contributed by atoms with Gasteiger partial charge in [0.15, 0.2) is 0 Å². The maximum Gasteiger partial charge on any atom is -0.00368 e. The molecule has 1 N–H and O–H groups in total. The maximum absolute atomic E-state index is 3.11. The van der Waals surface area contributed by atoms with Gasteiger partial charge in [0.05, 0.1) is 0 Å². The standard InChI is InChI=1S/C11H16.C3H7N/c1-8-3-6-11-9(2)4-5-10(11)7-8;1-2-4-3-1/h3,6,8-9H,4-5,7H2,1-2H3;4H,1-3H2/t8?,9-;/m0./s1. The van der Waals surface area contributed by atoms with Gasteiger partial charge < -0.3 is 5.32 Å². The van der Waals surface area contributed by atoms with Crippen LogP contribution in [0.2, 0.25) is 0 Å². The summed E-state index contributed by atoms with van der Waals surface area (Å²) in [6, 6.07) is 0. The van der Waals surface area contributed by atoms with Crippen LogP contribution in [0.4, 0.5) is 0 Å². The first-order chi connectivity index (χ1) is 7.27. The number of allylic oxidation sites excluding steroid dienone is 4. The van der Waals surface area contributed by atoms with E-state index in [-0.39, 0.29) is 0 Å². The third-order valence-corrected chi connectivity index (χ3v) is 3.70. The van der Waals surface area contributed by atoms with Gasteiger partial charge in [0, 0.05) is 0 Å². The lowest BCUT2D eigenvalue weighted by Crippen LogP contribution is -2.29. The van der Waals surface area contributed by atoms with Crippen LogP contribution in [0, 0.1) is 11.8 Å². The zero-order valence-electron chi connectivity index (χ0n) is 10.1. The van der Waals surface area contributed by atoms with Crippen molar-refractivity contribution in [3.8, 4) is 0 Å². The van der Waals surface area contributed by atoms with E-state index in [4.69, 9.17) is 0 Å². The topological polar surface area (TPSA) is 12.0 Å². The molecule has 1 saturated heterocycles. The first-order valence-corrected chi connectivity index (χ1v) is 6.38. The fraction of sp³-hybridized carbons (Fsp3) is 0.714. The lowest BCUT2D eigenvalue weighted by molar-refractivity contribution is 0.527. The molecule has 15 heavy (non-hydrogen) atoms. The van der Waals surface area contributed by atoms with Crippen molar-refractivity contribution in [1.29, 1.82) is 0 Å². The van der Waals surface area contributed by atoms with Gasteiger partial charge in [-0.1, -0.05) is 31.6 Å². The van der Waals surface area contributed by atoms with Crippen LogP contribution in [0.25, 0.3) is 0 Å². The minimum absolute atomic E-state index is 0.791. The van der Waals surface area contributed by atoms with Crippen LogP contribution in [0.15, 0.2) is 23.3 Å². The van der Waals surface area contributed by atoms with E-state index in [1.165, 1.54) is 38.8 Å². The van der Waals surface area contributed by atoms with Crippen molar-refractivity contribution in [2.24, 2.45) is 11.8 Å². The van der Waals surface area contributed by atoms with E-state index in [2.05, 4.69) is 31.3 Å². The van der Waals surface area contributed by atoms with Crippen molar-refractivity contribution in [2.45, 2.75) is 39.5 Å². The molecule has 1 fully saturated rings. The third kappa shape index (κ3) is 2.72. The molecule has 0 aromatic carbocycles. The third-order valence-electron chi connectivity index (χ3n) is 3.70. The van der Waals surface area contributed by atoms with Crippen LogP contribution in [-0.2, 0) is 0 Å². The summed E-state index contributed by atoms with van der Waals surface area (Å²) >= 11 is 0. The van der Waals surface area contributed by atoms with E-state index < -0.39 is 0 Å². The molecular weight excluding hydrogens is 182 g/mol. The molecule has 0 aromatic rings. The van der Waals surface area contributed by atoms with Gasteiger partial charge in [-0.2, -0.15) is 0 Å². The Morgan fingerprint density at radius 2 is 1.93 bits per heavy atom. The van der Waals surface area contributed by atoms with Gasteiger partial charge >= 0.3 is 0 Å². The first-order valence-electron chi connectivity index (χ1n) is 6.38. The van der Waals surface area contributed by atoms with Gasteiger partial charge in [0.1, 0.15) is 0 Å². The van der Waals surface area contributed by atoms with Gasteiger partial charge in [-0.15, -0.1) is 0 Å². The molecule has 0 spiro atoms. The predicted octanol–water partition coefficient (Wildman–Crippen LogP) is 3.29. The highest BCUT2D eigenvalue weighted by Gasteiger charge is 2.22. The van der Waals surface area contributed by atoms with Crippen molar-refractivity contribution in [3.63, 3.8) is 0 Å². The largest absolute Gasteiger partial charge is 0.317 e. The summed E-state index contributed by atoms with van der Waals surface area (Å²) in [5, 5.41) is 3.11. The van der Waals surface area contributed by atoms with Gasteiger partial charge in [0.25, 0.3) is 0 Å². The summed E-state index contributed by atoms with van der Waals surface area (Å²) < 4.78 is 0. The van der Waals surface area contributed by atoms with Crippen molar-refractivity contribution in [2.75, 3.05) is 13.1 Å². The molecule has 1 nitrogen and oxygen atoms in total. The SMILES string of the molecule is C1CNC1.CC1C=CC2=C(CC[C@@H]2C)C1. The summed E-state index contributed by atoms with van der Waals surface area (Å²) in [4.78, 5) is 0. The van der Waals surface area contributed by atoms with Gasteiger partial charge in [-0.3, -0.25) is 0 Å². The maximum atomic E-state index is 3.11. The minimum atomic E-state index is 0.791. The molecule has 2 aliphatic carbocycles. The highest BCUT2D eigenvalue weighted by atomic mass is 14.9. The summed E-state index contributed by atoms with van der Waals surface area (Å²) in [5.41, 5.74) is 3.40. The Morgan fingerprint density at radius 3 is 2.53 bits per heavy atom. The number of hydrogen-bond donors (Lipinski definition) is 1. The molecule has 0 bridgehead atoms. The molecule has 1 heterocycles. The minimum Gasteiger partial charge on any atom is -0.317 e. The number of hydrogen-bond acceptors (Lipinski definition) is 1. The molecule has 84 valence electrons. The molecular formula is C14H23N. The van der Waals surface area contributed by atoms with E-state index in [1.54, 1.807) is 11.1 Å². The van der Waals surface area contributed by atoms with Gasteiger partial charge in [-0.05, 0) is 56.2 Å². The molecule has 1 heteroatoms.